The zero-order valence-corrected chi connectivity index (χ0v) is 13.1. The molecule has 2 aromatic rings. The lowest BCUT2D eigenvalue weighted by Gasteiger charge is -2.19. The van der Waals surface area contributed by atoms with Crippen LogP contribution in [0.25, 0.3) is 0 Å². The van der Waals surface area contributed by atoms with Crippen molar-refractivity contribution in [3.63, 3.8) is 0 Å². The lowest BCUT2D eigenvalue weighted by atomic mass is 9.82. The summed E-state index contributed by atoms with van der Waals surface area (Å²) in [4.78, 5) is 25.5. The van der Waals surface area contributed by atoms with Crippen LogP contribution < -0.4 is 0 Å². The number of ketones is 2. The molecule has 0 saturated heterocycles. The second-order valence-corrected chi connectivity index (χ2v) is 5.92. The molecule has 22 heavy (non-hydrogen) atoms. The number of hydrogen-bond acceptors (Lipinski definition) is 2. The summed E-state index contributed by atoms with van der Waals surface area (Å²) < 4.78 is 0. The van der Waals surface area contributed by atoms with E-state index < -0.39 is 0 Å². The monoisotopic (exact) mass is 292 g/mol. The van der Waals surface area contributed by atoms with Gasteiger partial charge in [-0.05, 0) is 36.1 Å². The van der Waals surface area contributed by atoms with Gasteiger partial charge >= 0.3 is 0 Å². The maximum absolute atomic E-state index is 12.7. The first kappa shape index (κ1) is 14.7. The average Bonchev–Trinajstić information content (AvgIpc) is 2.53. The molecule has 1 aliphatic carbocycles. The Hall–Kier alpha value is -2.22. The van der Waals surface area contributed by atoms with Gasteiger partial charge in [0.25, 0.3) is 0 Å². The fourth-order valence-electron chi connectivity index (χ4n) is 3.13. The van der Waals surface area contributed by atoms with E-state index >= 15 is 0 Å². The van der Waals surface area contributed by atoms with E-state index in [0.29, 0.717) is 22.3 Å². The van der Waals surface area contributed by atoms with Gasteiger partial charge < -0.3 is 0 Å². The van der Waals surface area contributed by atoms with E-state index in [2.05, 4.69) is 13.8 Å². The molecule has 0 aliphatic heterocycles. The molecule has 1 aliphatic rings. The van der Waals surface area contributed by atoms with E-state index in [0.717, 1.165) is 36.8 Å². The molecule has 0 saturated carbocycles. The Bertz CT molecular complexity index is 691. The Labute approximate surface area is 131 Å². The number of hydrogen-bond donors (Lipinski definition) is 0. The summed E-state index contributed by atoms with van der Waals surface area (Å²) in [6, 6.07) is 11.3. The molecule has 0 unspecified atom stereocenters. The molecule has 0 bridgehead atoms. The van der Waals surface area contributed by atoms with E-state index in [-0.39, 0.29) is 11.6 Å². The van der Waals surface area contributed by atoms with Gasteiger partial charge in [-0.3, -0.25) is 9.59 Å². The summed E-state index contributed by atoms with van der Waals surface area (Å²) in [5.41, 5.74) is 4.46. The van der Waals surface area contributed by atoms with Crippen molar-refractivity contribution in [1.29, 1.82) is 0 Å². The molecule has 0 heterocycles. The van der Waals surface area contributed by atoms with E-state index in [1.54, 1.807) is 0 Å². The molecule has 0 spiro atoms. The minimum atomic E-state index is -0.0226. The van der Waals surface area contributed by atoms with Gasteiger partial charge in [-0.15, -0.1) is 0 Å². The van der Waals surface area contributed by atoms with Crippen LogP contribution in [0.5, 0.6) is 0 Å². The van der Waals surface area contributed by atoms with Crippen LogP contribution >= 0.6 is 0 Å². The van der Waals surface area contributed by atoms with Gasteiger partial charge in [-0.1, -0.05) is 51.0 Å². The van der Waals surface area contributed by atoms with Crippen molar-refractivity contribution in [3.05, 3.63) is 69.8 Å². The van der Waals surface area contributed by atoms with Crippen molar-refractivity contribution in [2.24, 2.45) is 0 Å². The van der Waals surface area contributed by atoms with Crippen LogP contribution in [0.1, 0.15) is 69.7 Å². The highest BCUT2D eigenvalue weighted by molar-refractivity contribution is 6.28. The molecule has 0 fully saturated rings. The Morgan fingerprint density at radius 3 is 1.41 bits per heavy atom. The second kappa shape index (κ2) is 5.88. The average molecular weight is 292 g/mol. The molecule has 112 valence electrons. The Balaban J connectivity index is 2.10. The number of fused-ring (bicyclic) bond motifs is 2. The van der Waals surface area contributed by atoms with Gasteiger partial charge in [0, 0.05) is 22.3 Å². The van der Waals surface area contributed by atoms with E-state index in [4.69, 9.17) is 0 Å². The van der Waals surface area contributed by atoms with Crippen molar-refractivity contribution < 1.29 is 9.59 Å². The third kappa shape index (κ3) is 2.39. The van der Waals surface area contributed by atoms with Crippen molar-refractivity contribution in [3.8, 4) is 0 Å². The Morgan fingerprint density at radius 2 is 1.05 bits per heavy atom. The van der Waals surface area contributed by atoms with Crippen LogP contribution in [0.3, 0.4) is 0 Å². The lowest BCUT2D eigenvalue weighted by Crippen LogP contribution is -2.21. The number of aryl methyl sites for hydroxylation is 2. The topological polar surface area (TPSA) is 34.1 Å². The summed E-state index contributed by atoms with van der Waals surface area (Å²) in [6.45, 7) is 4.22. The summed E-state index contributed by atoms with van der Waals surface area (Å²) >= 11 is 0. The van der Waals surface area contributed by atoms with Crippen molar-refractivity contribution in [2.45, 2.75) is 39.5 Å². The summed E-state index contributed by atoms with van der Waals surface area (Å²) in [5, 5.41) is 0. The summed E-state index contributed by atoms with van der Waals surface area (Å²) in [7, 11) is 0. The number of rotatable bonds is 4. The van der Waals surface area contributed by atoms with Crippen LogP contribution in [0.2, 0.25) is 0 Å². The summed E-state index contributed by atoms with van der Waals surface area (Å²) in [6.07, 6.45) is 3.91. The minimum absolute atomic E-state index is 0.0226. The Kier molecular flexibility index (Phi) is 3.93. The van der Waals surface area contributed by atoms with Gasteiger partial charge in [0.1, 0.15) is 0 Å². The van der Waals surface area contributed by atoms with Crippen LogP contribution in [-0.4, -0.2) is 11.6 Å². The summed E-state index contributed by atoms with van der Waals surface area (Å²) in [5.74, 6) is -0.0452. The molecule has 2 nitrogen and oxygen atoms in total. The van der Waals surface area contributed by atoms with Gasteiger partial charge in [0.2, 0.25) is 0 Å². The Morgan fingerprint density at radius 1 is 0.636 bits per heavy atom. The normalized spacial score (nSPS) is 13.0. The van der Waals surface area contributed by atoms with Gasteiger partial charge in [0.15, 0.2) is 11.6 Å². The SMILES string of the molecule is CCCc1ccc2c(c1)C(=O)c1ccc(CCC)cc1C2=O. The number of benzene rings is 2. The largest absolute Gasteiger partial charge is 0.289 e. The van der Waals surface area contributed by atoms with Gasteiger partial charge in [-0.25, -0.2) is 0 Å². The van der Waals surface area contributed by atoms with Crippen LogP contribution in [0.15, 0.2) is 36.4 Å². The quantitative estimate of drug-likeness (QED) is 0.715. The third-order valence-corrected chi connectivity index (χ3v) is 4.22. The van der Waals surface area contributed by atoms with Crippen molar-refractivity contribution >= 4 is 11.6 Å². The smallest absolute Gasteiger partial charge is 0.194 e. The minimum Gasteiger partial charge on any atom is -0.289 e. The maximum atomic E-state index is 12.7. The lowest BCUT2D eigenvalue weighted by molar-refractivity contribution is 0.0979. The zero-order chi connectivity index (χ0) is 15.7. The second-order valence-electron chi connectivity index (χ2n) is 5.92. The van der Waals surface area contributed by atoms with Gasteiger partial charge in [0.05, 0.1) is 0 Å². The number of carbonyl (C=O) groups excluding carboxylic acids is 2. The highest BCUT2D eigenvalue weighted by atomic mass is 16.1. The molecule has 2 aromatic carbocycles. The molecule has 2 heteroatoms. The molecule has 0 aromatic heterocycles. The molecule has 0 N–H and O–H groups in total. The van der Waals surface area contributed by atoms with E-state index in [9.17, 15) is 9.59 Å². The van der Waals surface area contributed by atoms with E-state index in [1.807, 2.05) is 36.4 Å². The molecule has 3 rings (SSSR count). The first-order valence-electron chi connectivity index (χ1n) is 8.01. The maximum Gasteiger partial charge on any atom is 0.194 e. The fourth-order valence-corrected chi connectivity index (χ4v) is 3.13. The molecule has 0 radical (unpaired) electrons. The highest BCUT2D eigenvalue weighted by Gasteiger charge is 2.29. The molecule has 0 amide bonds. The fraction of sp³-hybridized carbons (Fsp3) is 0.300. The predicted molar refractivity (Wildman–Crippen MR) is 87.7 cm³/mol. The predicted octanol–water partition coefficient (Wildman–Crippen LogP) is 4.37. The van der Waals surface area contributed by atoms with Crippen molar-refractivity contribution in [1.82, 2.24) is 0 Å². The highest BCUT2D eigenvalue weighted by Crippen LogP contribution is 2.29. The van der Waals surface area contributed by atoms with Crippen LogP contribution in [0.4, 0.5) is 0 Å². The molecule has 0 atom stereocenters. The third-order valence-electron chi connectivity index (χ3n) is 4.22. The van der Waals surface area contributed by atoms with Crippen LogP contribution in [0, 0.1) is 0 Å². The zero-order valence-electron chi connectivity index (χ0n) is 13.1. The van der Waals surface area contributed by atoms with Crippen LogP contribution in [-0.2, 0) is 12.8 Å². The number of carbonyl (C=O) groups is 2. The molecular weight excluding hydrogens is 272 g/mol. The standard InChI is InChI=1S/C20H20O2/c1-3-5-13-7-9-15-17(11-13)19(21)16-10-8-14(6-4-2)12-18(16)20(15)22/h7-12H,3-6H2,1-2H3. The van der Waals surface area contributed by atoms with Crippen molar-refractivity contribution in [2.75, 3.05) is 0 Å². The van der Waals surface area contributed by atoms with Gasteiger partial charge in [-0.2, -0.15) is 0 Å². The first-order valence-corrected chi connectivity index (χ1v) is 8.01. The first-order chi connectivity index (χ1) is 10.7. The van der Waals surface area contributed by atoms with E-state index in [1.165, 1.54) is 0 Å². The molecular formula is C20H20O2.